The lowest BCUT2D eigenvalue weighted by atomic mass is 9.84. The lowest BCUT2D eigenvalue weighted by Crippen LogP contribution is -2.59. The Hall–Kier alpha value is -1.26. The van der Waals surface area contributed by atoms with Gasteiger partial charge in [-0.15, -0.1) is 0 Å². The molecule has 370 valence electrons. The number of aliphatic hydroxyl groups is 9. The van der Waals surface area contributed by atoms with Gasteiger partial charge in [0, 0.05) is 0 Å². The largest absolute Gasteiger partial charge is 0.394 e. The summed E-state index contributed by atoms with van der Waals surface area (Å²) in [5.41, 5.74) is -0.452. The monoisotopic (exact) mass is 899 g/mol. The van der Waals surface area contributed by atoms with E-state index in [0.29, 0.717) is 77.0 Å². The van der Waals surface area contributed by atoms with E-state index in [4.69, 9.17) is 14.2 Å². The molecule has 12 heteroatoms. The third-order valence-electron chi connectivity index (χ3n) is 13.7. The first-order chi connectivity index (χ1) is 29.1. The third kappa shape index (κ3) is 24.4. The zero-order valence-electron chi connectivity index (χ0n) is 41.2. The zero-order valence-corrected chi connectivity index (χ0v) is 41.2. The number of rotatable bonds is 33. The van der Waals surface area contributed by atoms with Gasteiger partial charge in [0.15, 0.2) is 6.29 Å². The summed E-state index contributed by atoms with van der Waals surface area (Å²) in [4.78, 5) is 0. The first-order valence-electron chi connectivity index (χ1n) is 24.3. The molecular formula is C51H94O12. The Morgan fingerprint density at radius 2 is 0.905 bits per heavy atom. The fourth-order valence-electron chi connectivity index (χ4n) is 8.84. The van der Waals surface area contributed by atoms with Gasteiger partial charge in [-0.1, -0.05) is 34.9 Å². The van der Waals surface area contributed by atoms with E-state index in [-0.39, 0.29) is 18.3 Å². The lowest BCUT2D eigenvalue weighted by molar-refractivity contribution is -0.298. The smallest absolute Gasteiger partial charge is 0.187 e. The van der Waals surface area contributed by atoms with E-state index in [9.17, 15) is 46.0 Å². The minimum atomic E-state index is -1.45. The van der Waals surface area contributed by atoms with Gasteiger partial charge in [0.2, 0.25) is 0 Å². The molecule has 0 aromatic carbocycles. The van der Waals surface area contributed by atoms with E-state index < -0.39 is 65.3 Å². The highest BCUT2D eigenvalue weighted by atomic mass is 16.7. The maximum Gasteiger partial charge on any atom is 0.187 e. The Morgan fingerprint density at radius 3 is 1.30 bits per heavy atom. The van der Waals surface area contributed by atoms with Crippen LogP contribution in [0.1, 0.15) is 204 Å². The molecule has 2 saturated heterocycles. The van der Waals surface area contributed by atoms with Crippen LogP contribution in [0.3, 0.4) is 0 Å². The van der Waals surface area contributed by atoms with Crippen molar-refractivity contribution in [2.75, 3.05) is 13.2 Å². The van der Waals surface area contributed by atoms with Crippen molar-refractivity contribution in [2.24, 2.45) is 0 Å². The van der Waals surface area contributed by atoms with E-state index in [0.717, 1.165) is 63.4 Å². The minimum Gasteiger partial charge on any atom is -0.394 e. The topological polar surface area (TPSA) is 213 Å². The number of hydrogen-bond acceptors (Lipinski definition) is 12. The molecule has 12 nitrogen and oxygen atoms in total. The van der Waals surface area contributed by atoms with Crippen molar-refractivity contribution in [2.45, 2.75) is 274 Å². The molecule has 2 heterocycles. The summed E-state index contributed by atoms with van der Waals surface area (Å²) in [5, 5.41) is 94.3. The molecule has 2 rings (SSSR count). The summed E-state index contributed by atoms with van der Waals surface area (Å²) in [5.74, 6) is 0. The molecule has 2 fully saturated rings. The van der Waals surface area contributed by atoms with Crippen molar-refractivity contribution >= 4 is 0 Å². The molecule has 63 heavy (non-hydrogen) atoms. The maximum absolute atomic E-state index is 11.1. The van der Waals surface area contributed by atoms with Crippen molar-refractivity contribution in [3.63, 3.8) is 0 Å². The molecule has 0 aromatic heterocycles. The summed E-state index contributed by atoms with van der Waals surface area (Å²) in [6.45, 7) is 19.4. The Labute approximate surface area is 381 Å². The van der Waals surface area contributed by atoms with E-state index in [1.165, 1.54) is 11.1 Å². The highest BCUT2D eigenvalue weighted by Crippen LogP contribution is 2.40. The second kappa shape index (κ2) is 26.3. The van der Waals surface area contributed by atoms with Crippen molar-refractivity contribution in [1.29, 1.82) is 0 Å². The van der Waals surface area contributed by atoms with Gasteiger partial charge in [-0.2, -0.15) is 0 Å². The Kier molecular flexibility index (Phi) is 24.2. The van der Waals surface area contributed by atoms with Crippen LogP contribution >= 0.6 is 0 Å². The van der Waals surface area contributed by atoms with Gasteiger partial charge in [-0.05, 0) is 204 Å². The van der Waals surface area contributed by atoms with Gasteiger partial charge in [0.05, 0.1) is 52.9 Å². The Balaban J connectivity index is 1.56. The summed E-state index contributed by atoms with van der Waals surface area (Å²) in [6.07, 6.45) is 15.6. The van der Waals surface area contributed by atoms with Gasteiger partial charge in [0.1, 0.15) is 24.4 Å². The zero-order chi connectivity index (χ0) is 47.7. The van der Waals surface area contributed by atoms with E-state index >= 15 is 0 Å². The molecule has 0 amide bonds. The summed E-state index contributed by atoms with van der Waals surface area (Å²) < 4.78 is 16.6. The molecule has 2 aliphatic heterocycles. The molecule has 0 bridgehead atoms. The standard InChI is InChI=1S/C51H94O12/c1-37(19-12-21-39(3)24-35-61-45-44(55)43(54)42(53)40(36-52)62-45)18-11-20-38(2)22-13-25-47(6,56)26-14-27-48(7,57)28-15-29-49(8,58)30-16-31-50(9,59)32-17-33-51(10,60)34-23-41-46(4,5)63-41/h19-20,24,40-45,52-60H,11-18,21-23,25-36H2,1-10H3. The second-order valence-corrected chi connectivity index (χ2v) is 21.8. The number of epoxide rings is 1. The quantitative estimate of drug-likeness (QED) is 0.0228. The molecule has 0 aromatic rings. The SMILES string of the molecule is CC(=CCCC(C)=CCOC1OC(CO)C(O)C(O)C1O)CCC=C(C)CCCC(C)(O)CCCC(C)(O)CCCC(C)(O)CCCC(C)(O)CCCC(C)(O)CCC1OC1(C)C. The van der Waals surface area contributed by atoms with Crippen molar-refractivity contribution in [1.82, 2.24) is 0 Å². The van der Waals surface area contributed by atoms with Crippen LogP contribution in [-0.2, 0) is 14.2 Å². The van der Waals surface area contributed by atoms with Gasteiger partial charge in [0.25, 0.3) is 0 Å². The minimum absolute atomic E-state index is 0.0686. The van der Waals surface area contributed by atoms with Crippen molar-refractivity contribution in [3.8, 4) is 0 Å². The number of ether oxygens (including phenoxy) is 3. The Bertz CT molecular complexity index is 1390. The predicted octanol–water partition coefficient (Wildman–Crippen LogP) is 7.77. The molecule has 11 unspecified atom stereocenters. The van der Waals surface area contributed by atoms with E-state index in [1.54, 1.807) is 0 Å². The van der Waals surface area contributed by atoms with Gasteiger partial charge in [-0.25, -0.2) is 0 Å². The van der Waals surface area contributed by atoms with Crippen LogP contribution in [0.15, 0.2) is 34.9 Å². The molecule has 11 atom stereocenters. The molecule has 0 saturated carbocycles. The van der Waals surface area contributed by atoms with Crippen molar-refractivity contribution in [3.05, 3.63) is 34.9 Å². The fraction of sp³-hybridized carbons (Fsp3) is 0.882. The number of allylic oxidation sites excluding steroid dienone is 5. The van der Waals surface area contributed by atoms with Gasteiger partial charge in [-0.3, -0.25) is 0 Å². The van der Waals surface area contributed by atoms with Crippen LogP contribution in [-0.4, -0.2) is 130 Å². The number of hydrogen-bond donors (Lipinski definition) is 9. The summed E-state index contributed by atoms with van der Waals surface area (Å²) >= 11 is 0. The van der Waals surface area contributed by atoms with E-state index in [1.807, 2.05) is 47.6 Å². The van der Waals surface area contributed by atoms with Gasteiger partial charge >= 0.3 is 0 Å². The van der Waals surface area contributed by atoms with Crippen LogP contribution in [0, 0.1) is 0 Å². The van der Waals surface area contributed by atoms with Crippen molar-refractivity contribution < 1.29 is 60.2 Å². The molecule has 2 aliphatic rings. The van der Waals surface area contributed by atoms with Crippen LogP contribution in [0.25, 0.3) is 0 Å². The highest BCUT2D eigenvalue weighted by molar-refractivity contribution is 5.06. The van der Waals surface area contributed by atoms with Gasteiger partial charge < -0.3 is 60.2 Å². The third-order valence-corrected chi connectivity index (χ3v) is 13.7. The summed E-state index contributed by atoms with van der Waals surface area (Å²) in [7, 11) is 0. The Morgan fingerprint density at radius 1 is 0.540 bits per heavy atom. The lowest BCUT2D eigenvalue weighted by Gasteiger charge is -2.39. The molecule has 9 N–H and O–H groups in total. The molecule has 0 aliphatic carbocycles. The first kappa shape index (κ1) is 57.9. The fourth-order valence-corrected chi connectivity index (χ4v) is 8.84. The first-order valence-corrected chi connectivity index (χ1v) is 24.3. The van der Waals surface area contributed by atoms with Crippen LogP contribution in [0.5, 0.6) is 0 Å². The highest BCUT2D eigenvalue weighted by Gasteiger charge is 2.48. The van der Waals surface area contributed by atoms with Crippen LogP contribution in [0.2, 0.25) is 0 Å². The molecule has 0 spiro atoms. The van der Waals surface area contributed by atoms with E-state index in [2.05, 4.69) is 39.8 Å². The molecule has 0 radical (unpaired) electrons. The predicted molar refractivity (Wildman–Crippen MR) is 250 cm³/mol. The van der Waals surface area contributed by atoms with Crippen LogP contribution in [0.4, 0.5) is 0 Å². The molecular weight excluding hydrogens is 805 g/mol. The number of aliphatic hydroxyl groups excluding tert-OH is 4. The summed E-state index contributed by atoms with van der Waals surface area (Å²) in [6, 6.07) is 0. The second-order valence-electron chi connectivity index (χ2n) is 21.8. The average Bonchev–Trinajstić information content (AvgIpc) is 3.78. The maximum atomic E-state index is 11.1. The average molecular weight is 899 g/mol. The normalized spacial score (nSPS) is 28.1. The van der Waals surface area contributed by atoms with Crippen LogP contribution < -0.4 is 0 Å².